The minimum Gasteiger partial charge on any atom is -0.481 e. The lowest BCUT2D eigenvalue weighted by Crippen LogP contribution is -2.30. The molecule has 0 spiro atoms. The molecule has 1 amide bonds. The van der Waals surface area contributed by atoms with E-state index in [0.29, 0.717) is 17.1 Å². The van der Waals surface area contributed by atoms with Gasteiger partial charge in [0.15, 0.2) is 6.10 Å². The van der Waals surface area contributed by atoms with Crippen LogP contribution in [0.5, 0.6) is 5.75 Å². The van der Waals surface area contributed by atoms with E-state index in [1.165, 1.54) is 17.7 Å². The third kappa shape index (κ3) is 6.38. The molecule has 0 heterocycles. The van der Waals surface area contributed by atoms with E-state index in [-0.39, 0.29) is 16.2 Å². The van der Waals surface area contributed by atoms with E-state index in [0.717, 1.165) is 11.1 Å². The molecule has 2 N–H and O–H groups in total. The summed E-state index contributed by atoms with van der Waals surface area (Å²) < 4.78 is 33.8. The number of aryl methyl sites for hydroxylation is 2. The van der Waals surface area contributed by atoms with Gasteiger partial charge in [-0.05, 0) is 91.4 Å². The largest absolute Gasteiger partial charge is 0.481 e. The maximum atomic E-state index is 12.7. The quantitative estimate of drug-likeness (QED) is 0.447. The highest BCUT2D eigenvalue weighted by Crippen LogP contribution is 2.25. The van der Waals surface area contributed by atoms with Gasteiger partial charge in [-0.15, -0.1) is 0 Å². The second-order valence-corrected chi connectivity index (χ2v) is 11.1. The van der Waals surface area contributed by atoms with Crippen molar-refractivity contribution in [3.63, 3.8) is 0 Å². The second-order valence-electron chi connectivity index (χ2n) is 9.45. The summed E-state index contributed by atoms with van der Waals surface area (Å²) in [6.07, 6.45) is -0.727. The third-order valence-electron chi connectivity index (χ3n) is 5.59. The smallest absolute Gasteiger partial charge is 0.265 e. The van der Waals surface area contributed by atoms with Crippen molar-refractivity contribution in [2.45, 2.75) is 58.0 Å². The van der Waals surface area contributed by atoms with Crippen molar-refractivity contribution in [3.05, 3.63) is 83.4 Å². The number of benzene rings is 3. The standard InChI is InChI=1S/C27H32N2O4S/c1-18-7-10-23(17-19(18)2)29-34(31,32)25-15-11-22(12-16-25)28-26(30)20(3)33-24-13-8-21(9-14-24)27(4,5)6/h7-17,20,29H,1-6H3,(H,28,30)/t20-/m0/s1. The first kappa shape index (κ1) is 25.3. The van der Waals surface area contributed by atoms with Crippen molar-refractivity contribution in [1.82, 2.24) is 0 Å². The molecule has 0 saturated heterocycles. The number of carbonyl (C=O) groups excluding carboxylic acids is 1. The highest BCUT2D eigenvalue weighted by molar-refractivity contribution is 7.92. The van der Waals surface area contributed by atoms with Crippen molar-refractivity contribution in [1.29, 1.82) is 0 Å². The predicted molar refractivity (Wildman–Crippen MR) is 137 cm³/mol. The van der Waals surface area contributed by atoms with Crippen molar-refractivity contribution < 1.29 is 17.9 Å². The van der Waals surface area contributed by atoms with E-state index < -0.39 is 16.1 Å². The Balaban J connectivity index is 1.61. The number of sulfonamides is 1. The molecule has 0 unspecified atom stereocenters. The van der Waals surface area contributed by atoms with Crippen LogP contribution in [0, 0.1) is 13.8 Å². The number of ether oxygens (including phenoxy) is 1. The molecular weight excluding hydrogens is 448 g/mol. The summed E-state index contributed by atoms with van der Waals surface area (Å²) in [5.74, 6) is 0.276. The zero-order valence-electron chi connectivity index (χ0n) is 20.5. The molecule has 0 aliphatic heterocycles. The Labute approximate surface area is 202 Å². The number of carbonyl (C=O) groups is 1. The lowest BCUT2D eigenvalue weighted by Gasteiger charge is -2.20. The molecule has 34 heavy (non-hydrogen) atoms. The summed E-state index contributed by atoms with van der Waals surface area (Å²) in [5.41, 5.74) is 4.29. The molecule has 0 aliphatic rings. The van der Waals surface area contributed by atoms with Gasteiger partial charge >= 0.3 is 0 Å². The van der Waals surface area contributed by atoms with E-state index in [1.807, 2.05) is 44.2 Å². The van der Waals surface area contributed by atoms with Gasteiger partial charge in [0.1, 0.15) is 5.75 Å². The SMILES string of the molecule is Cc1ccc(NS(=O)(=O)c2ccc(NC(=O)[C@H](C)Oc3ccc(C(C)(C)C)cc3)cc2)cc1C. The van der Waals surface area contributed by atoms with E-state index in [2.05, 4.69) is 30.8 Å². The minimum atomic E-state index is -3.75. The van der Waals surface area contributed by atoms with Gasteiger partial charge in [0.25, 0.3) is 15.9 Å². The van der Waals surface area contributed by atoms with Crippen LogP contribution in [0.3, 0.4) is 0 Å². The van der Waals surface area contributed by atoms with Crippen LogP contribution in [0.2, 0.25) is 0 Å². The Hall–Kier alpha value is -3.32. The van der Waals surface area contributed by atoms with Gasteiger partial charge in [0, 0.05) is 11.4 Å². The average molecular weight is 481 g/mol. The summed E-state index contributed by atoms with van der Waals surface area (Å²) in [5, 5.41) is 2.76. The first-order chi connectivity index (χ1) is 15.8. The van der Waals surface area contributed by atoms with E-state index in [9.17, 15) is 13.2 Å². The Morgan fingerprint density at radius 2 is 1.44 bits per heavy atom. The van der Waals surface area contributed by atoms with Crippen LogP contribution in [-0.4, -0.2) is 20.4 Å². The van der Waals surface area contributed by atoms with Crippen molar-refractivity contribution in [3.8, 4) is 5.75 Å². The fourth-order valence-electron chi connectivity index (χ4n) is 3.27. The van der Waals surface area contributed by atoms with Crippen LogP contribution in [0.4, 0.5) is 11.4 Å². The number of hydrogen-bond donors (Lipinski definition) is 2. The monoisotopic (exact) mass is 480 g/mol. The van der Waals surface area contributed by atoms with Crippen LogP contribution >= 0.6 is 0 Å². The summed E-state index contributed by atoms with van der Waals surface area (Å²) in [4.78, 5) is 12.7. The van der Waals surface area contributed by atoms with E-state index in [4.69, 9.17) is 4.74 Å². The van der Waals surface area contributed by atoms with Crippen LogP contribution in [0.1, 0.15) is 44.4 Å². The van der Waals surface area contributed by atoms with Crippen LogP contribution in [0.25, 0.3) is 0 Å². The molecule has 3 aromatic carbocycles. The van der Waals surface area contributed by atoms with Crippen LogP contribution < -0.4 is 14.8 Å². The highest BCUT2D eigenvalue weighted by atomic mass is 32.2. The fourth-order valence-corrected chi connectivity index (χ4v) is 4.32. The van der Waals surface area contributed by atoms with Gasteiger partial charge in [-0.1, -0.05) is 39.0 Å². The lowest BCUT2D eigenvalue weighted by atomic mass is 9.87. The zero-order valence-corrected chi connectivity index (χ0v) is 21.3. The second kappa shape index (κ2) is 9.89. The number of nitrogens with one attached hydrogen (secondary N) is 2. The average Bonchev–Trinajstić information content (AvgIpc) is 2.76. The first-order valence-electron chi connectivity index (χ1n) is 11.1. The Morgan fingerprint density at radius 1 is 0.853 bits per heavy atom. The molecule has 0 aromatic heterocycles. The Morgan fingerprint density at radius 3 is 2.00 bits per heavy atom. The van der Waals surface area contributed by atoms with Crippen LogP contribution in [-0.2, 0) is 20.2 Å². The van der Waals surface area contributed by atoms with Crippen LogP contribution in [0.15, 0.2) is 71.6 Å². The number of anilines is 2. The topological polar surface area (TPSA) is 84.5 Å². The van der Waals surface area contributed by atoms with Gasteiger partial charge in [0.2, 0.25) is 0 Å². The summed E-state index contributed by atoms with van der Waals surface area (Å²) in [6, 6.07) is 19.1. The third-order valence-corrected chi connectivity index (χ3v) is 6.99. The first-order valence-corrected chi connectivity index (χ1v) is 12.6. The van der Waals surface area contributed by atoms with Gasteiger partial charge < -0.3 is 10.1 Å². The van der Waals surface area contributed by atoms with Gasteiger partial charge in [-0.25, -0.2) is 8.42 Å². The summed E-state index contributed by atoms with van der Waals surface area (Å²) in [6.45, 7) is 12.0. The highest BCUT2D eigenvalue weighted by Gasteiger charge is 2.18. The maximum Gasteiger partial charge on any atom is 0.265 e. The maximum absolute atomic E-state index is 12.7. The minimum absolute atomic E-state index is 0.0375. The van der Waals surface area contributed by atoms with Crippen molar-refractivity contribution >= 4 is 27.3 Å². The van der Waals surface area contributed by atoms with Gasteiger partial charge in [-0.3, -0.25) is 9.52 Å². The Kier molecular flexibility index (Phi) is 7.36. The molecule has 180 valence electrons. The molecule has 0 fully saturated rings. The van der Waals surface area contributed by atoms with Crippen molar-refractivity contribution in [2.75, 3.05) is 10.0 Å². The normalized spacial score (nSPS) is 12.6. The predicted octanol–water partition coefficient (Wildman–Crippen LogP) is 5.81. The fraction of sp³-hybridized carbons (Fsp3) is 0.296. The molecule has 3 rings (SSSR count). The molecule has 0 aliphatic carbocycles. The van der Waals surface area contributed by atoms with E-state index in [1.54, 1.807) is 31.2 Å². The molecule has 0 saturated carbocycles. The zero-order chi connectivity index (χ0) is 25.1. The molecule has 0 radical (unpaired) electrons. The lowest BCUT2D eigenvalue weighted by molar-refractivity contribution is -0.122. The number of hydrogen-bond acceptors (Lipinski definition) is 4. The summed E-state index contributed by atoms with van der Waals surface area (Å²) in [7, 11) is -3.75. The molecule has 0 bridgehead atoms. The number of amides is 1. The molecule has 3 aromatic rings. The van der Waals surface area contributed by atoms with Gasteiger partial charge in [-0.2, -0.15) is 0 Å². The number of rotatable bonds is 7. The van der Waals surface area contributed by atoms with Crippen molar-refractivity contribution in [2.24, 2.45) is 0 Å². The van der Waals surface area contributed by atoms with Gasteiger partial charge in [0.05, 0.1) is 4.90 Å². The summed E-state index contributed by atoms with van der Waals surface area (Å²) >= 11 is 0. The molecule has 6 nitrogen and oxygen atoms in total. The molecule has 1 atom stereocenters. The molecule has 7 heteroatoms. The van der Waals surface area contributed by atoms with E-state index >= 15 is 0 Å². The Bertz CT molecular complexity index is 1260. The molecular formula is C27H32N2O4S.